The van der Waals surface area contributed by atoms with Gasteiger partial charge in [0, 0.05) is 18.3 Å². The van der Waals surface area contributed by atoms with Crippen molar-refractivity contribution in [2.24, 2.45) is 5.92 Å². The van der Waals surface area contributed by atoms with Crippen LogP contribution in [-0.4, -0.2) is 22.0 Å². The van der Waals surface area contributed by atoms with Crippen LogP contribution in [0.15, 0.2) is 18.2 Å². The van der Waals surface area contributed by atoms with Crippen LogP contribution in [0.4, 0.5) is 0 Å². The third kappa shape index (κ3) is 2.64. The second kappa shape index (κ2) is 6.27. The maximum atomic E-state index is 5.98. The summed E-state index contributed by atoms with van der Waals surface area (Å²) in [5.74, 6) is 3.34. The van der Waals surface area contributed by atoms with Gasteiger partial charge in [-0.1, -0.05) is 12.5 Å². The van der Waals surface area contributed by atoms with Crippen molar-refractivity contribution in [2.45, 2.75) is 45.6 Å². The Bertz CT molecular complexity index is 619. The van der Waals surface area contributed by atoms with E-state index in [-0.39, 0.29) is 0 Å². The molecule has 1 unspecified atom stereocenters. The monoisotopic (exact) mass is 306 g/mol. The van der Waals surface area contributed by atoms with Gasteiger partial charge in [0.25, 0.3) is 0 Å². The standard InChI is InChI=1S/C17H23ClN2O/c1-3-21-15-9-5-8-14-17(15)19-16(10-11-18)20(14)12(2)13-6-4-7-13/h5,8-9,12-13H,3-4,6-7,10-11H2,1-2H3. The zero-order valence-electron chi connectivity index (χ0n) is 12.8. The number of aromatic nitrogens is 2. The first-order valence-corrected chi connectivity index (χ1v) is 8.48. The van der Waals surface area contributed by atoms with E-state index in [4.69, 9.17) is 21.3 Å². The lowest BCUT2D eigenvalue weighted by Gasteiger charge is -2.33. The maximum Gasteiger partial charge on any atom is 0.147 e. The van der Waals surface area contributed by atoms with Gasteiger partial charge in [-0.05, 0) is 44.7 Å². The Kier molecular flexibility index (Phi) is 4.39. The van der Waals surface area contributed by atoms with Crippen LogP contribution < -0.4 is 4.74 Å². The number of halogens is 1. The summed E-state index contributed by atoms with van der Waals surface area (Å²) in [4.78, 5) is 4.84. The first-order chi connectivity index (χ1) is 10.3. The highest BCUT2D eigenvalue weighted by molar-refractivity contribution is 6.17. The van der Waals surface area contributed by atoms with E-state index >= 15 is 0 Å². The molecular formula is C17H23ClN2O. The molecular weight excluding hydrogens is 284 g/mol. The predicted molar refractivity (Wildman–Crippen MR) is 87.4 cm³/mol. The van der Waals surface area contributed by atoms with Gasteiger partial charge >= 0.3 is 0 Å². The number of para-hydroxylation sites is 1. The van der Waals surface area contributed by atoms with Crippen LogP contribution in [0.25, 0.3) is 11.0 Å². The molecule has 1 aromatic heterocycles. The molecule has 0 amide bonds. The molecule has 1 aliphatic carbocycles. The molecule has 1 atom stereocenters. The Morgan fingerprint density at radius 1 is 1.43 bits per heavy atom. The quantitative estimate of drug-likeness (QED) is 0.731. The van der Waals surface area contributed by atoms with Gasteiger partial charge in [-0.15, -0.1) is 11.6 Å². The number of fused-ring (bicyclic) bond motifs is 1. The predicted octanol–water partition coefficient (Wildman–Crippen LogP) is 4.58. The number of alkyl halides is 1. The SMILES string of the molecule is CCOc1cccc2c1nc(CCCl)n2C(C)C1CCC1. The van der Waals surface area contributed by atoms with Crippen molar-refractivity contribution in [3.05, 3.63) is 24.0 Å². The second-order valence-electron chi connectivity index (χ2n) is 5.83. The van der Waals surface area contributed by atoms with Gasteiger partial charge < -0.3 is 9.30 Å². The molecule has 1 fully saturated rings. The van der Waals surface area contributed by atoms with Crippen molar-refractivity contribution in [1.29, 1.82) is 0 Å². The van der Waals surface area contributed by atoms with Crippen molar-refractivity contribution in [2.75, 3.05) is 12.5 Å². The van der Waals surface area contributed by atoms with Gasteiger partial charge in [-0.25, -0.2) is 4.98 Å². The molecule has 1 aromatic carbocycles. The van der Waals surface area contributed by atoms with Gasteiger partial charge in [-0.2, -0.15) is 0 Å². The van der Waals surface area contributed by atoms with Crippen molar-refractivity contribution in [3.8, 4) is 5.75 Å². The Labute approximate surface area is 131 Å². The largest absolute Gasteiger partial charge is 0.492 e. The minimum absolute atomic E-state index is 0.485. The summed E-state index contributed by atoms with van der Waals surface area (Å²) < 4.78 is 8.13. The molecule has 114 valence electrons. The van der Waals surface area contributed by atoms with Crippen LogP contribution >= 0.6 is 11.6 Å². The molecule has 0 N–H and O–H groups in total. The van der Waals surface area contributed by atoms with Crippen molar-refractivity contribution in [1.82, 2.24) is 9.55 Å². The number of hydrogen-bond donors (Lipinski definition) is 0. The van der Waals surface area contributed by atoms with Gasteiger partial charge in [0.15, 0.2) is 0 Å². The third-order valence-electron chi connectivity index (χ3n) is 4.61. The first-order valence-electron chi connectivity index (χ1n) is 7.94. The molecule has 0 radical (unpaired) electrons. The van der Waals surface area contributed by atoms with Gasteiger partial charge in [0.05, 0.1) is 12.1 Å². The van der Waals surface area contributed by atoms with Gasteiger partial charge in [0.2, 0.25) is 0 Å². The van der Waals surface area contributed by atoms with Crippen molar-refractivity contribution < 1.29 is 4.74 Å². The fourth-order valence-corrected chi connectivity index (χ4v) is 3.43. The lowest BCUT2D eigenvalue weighted by molar-refractivity contribution is 0.223. The highest BCUT2D eigenvalue weighted by Crippen LogP contribution is 2.39. The van der Waals surface area contributed by atoms with E-state index < -0.39 is 0 Å². The average molecular weight is 307 g/mol. The summed E-state index contributed by atoms with van der Waals surface area (Å²) in [6, 6.07) is 6.70. The number of ether oxygens (including phenoxy) is 1. The minimum atomic E-state index is 0.485. The van der Waals surface area contributed by atoms with Crippen LogP contribution in [-0.2, 0) is 6.42 Å². The zero-order valence-corrected chi connectivity index (χ0v) is 13.6. The summed E-state index contributed by atoms with van der Waals surface area (Å²) in [6.07, 6.45) is 4.81. The zero-order chi connectivity index (χ0) is 14.8. The van der Waals surface area contributed by atoms with Crippen LogP contribution in [0.5, 0.6) is 5.75 Å². The van der Waals surface area contributed by atoms with E-state index in [1.54, 1.807) is 0 Å². The number of aryl methyl sites for hydroxylation is 1. The van der Waals surface area contributed by atoms with E-state index in [0.29, 0.717) is 18.5 Å². The molecule has 1 aliphatic rings. The Hall–Kier alpha value is -1.22. The normalized spacial score (nSPS) is 16.9. The van der Waals surface area contributed by atoms with Gasteiger partial charge in [0.1, 0.15) is 17.1 Å². The highest BCUT2D eigenvalue weighted by atomic mass is 35.5. The lowest BCUT2D eigenvalue weighted by Crippen LogP contribution is -2.24. The molecule has 1 heterocycles. The number of rotatable bonds is 6. The molecule has 0 aliphatic heterocycles. The van der Waals surface area contributed by atoms with Crippen molar-refractivity contribution in [3.63, 3.8) is 0 Å². The summed E-state index contributed by atoms with van der Waals surface area (Å²) in [5, 5.41) is 0. The first kappa shape index (κ1) is 14.7. The third-order valence-corrected chi connectivity index (χ3v) is 4.80. The number of nitrogens with zero attached hydrogens (tertiary/aromatic N) is 2. The fourth-order valence-electron chi connectivity index (χ4n) is 3.26. The second-order valence-corrected chi connectivity index (χ2v) is 6.20. The smallest absolute Gasteiger partial charge is 0.147 e. The summed E-state index contributed by atoms with van der Waals surface area (Å²) in [6.45, 7) is 4.98. The van der Waals surface area contributed by atoms with Gasteiger partial charge in [-0.3, -0.25) is 0 Å². The van der Waals surface area contributed by atoms with Crippen LogP contribution in [0.2, 0.25) is 0 Å². The number of imidazole rings is 1. The fraction of sp³-hybridized carbons (Fsp3) is 0.588. The molecule has 1 saturated carbocycles. The van der Waals surface area contributed by atoms with E-state index in [1.165, 1.54) is 24.8 Å². The van der Waals surface area contributed by atoms with E-state index in [9.17, 15) is 0 Å². The number of hydrogen-bond acceptors (Lipinski definition) is 2. The Morgan fingerprint density at radius 3 is 2.86 bits per heavy atom. The minimum Gasteiger partial charge on any atom is -0.492 e. The number of benzene rings is 1. The topological polar surface area (TPSA) is 27.1 Å². The Morgan fingerprint density at radius 2 is 2.24 bits per heavy atom. The van der Waals surface area contributed by atoms with E-state index in [1.807, 2.05) is 13.0 Å². The van der Waals surface area contributed by atoms with Crippen LogP contribution in [0, 0.1) is 5.92 Å². The highest BCUT2D eigenvalue weighted by Gasteiger charge is 2.28. The molecule has 21 heavy (non-hydrogen) atoms. The summed E-state index contributed by atoms with van der Waals surface area (Å²) in [5.41, 5.74) is 2.16. The summed E-state index contributed by atoms with van der Waals surface area (Å²) >= 11 is 5.98. The maximum absolute atomic E-state index is 5.98. The van der Waals surface area contributed by atoms with Crippen molar-refractivity contribution >= 4 is 22.6 Å². The van der Waals surface area contributed by atoms with E-state index in [0.717, 1.165) is 29.4 Å². The lowest BCUT2D eigenvalue weighted by atomic mass is 9.80. The van der Waals surface area contributed by atoms with E-state index in [2.05, 4.69) is 23.6 Å². The van der Waals surface area contributed by atoms with Crippen LogP contribution in [0.3, 0.4) is 0 Å². The molecule has 2 aromatic rings. The molecule has 0 bridgehead atoms. The molecule has 3 nitrogen and oxygen atoms in total. The summed E-state index contributed by atoms with van der Waals surface area (Å²) in [7, 11) is 0. The van der Waals surface area contributed by atoms with Crippen LogP contribution in [0.1, 0.15) is 45.0 Å². The molecule has 0 saturated heterocycles. The average Bonchev–Trinajstić information content (AvgIpc) is 2.76. The molecule has 4 heteroatoms. The molecule has 0 spiro atoms. The molecule has 3 rings (SSSR count). The Balaban J connectivity index is 2.10.